The summed E-state index contributed by atoms with van der Waals surface area (Å²) in [5, 5.41) is 0. The average Bonchev–Trinajstić information content (AvgIpc) is 2.43. The fraction of sp³-hybridized carbons (Fsp3) is 0.812. The van der Waals surface area contributed by atoms with E-state index in [2.05, 4.69) is 20.7 Å². The highest BCUT2D eigenvalue weighted by Gasteiger charge is 2.14. The van der Waals surface area contributed by atoms with Crippen molar-refractivity contribution in [1.82, 2.24) is 0 Å². The molecule has 0 unspecified atom stereocenters. The summed E-state index contributed by atoms with van der Waals surface area (Å²) >= 11 is 0. The number of hydrogen-bond acceptors (Lipinski definition) is 5. The first-order valence-electron chi connectivity index (χ1n) is 8.21. The maximum atomic E-state index is 10.8. The van der Waals surface area contributed by atoms with Gasteiger partial charge in [0.1, 0.15) is 0 Å². The molecule has 0 heterocycles. The van der Waals surface area contributed by atoms with E-state index in [1.54, 1.807) is 0 Å². The predicted octanol–water partition coefficient (Wildman–Crippen LogP) is 2.07. The first kappa shape index (κ1) is 22.1. The van der Waals surface area contributed by atoms with Gasteiger partial charge in [-0.15, -0.1) is 0 Å². The molecule has 0 radical (unpaired) electrons. The maximum Gasteiger partial charge on any atom is 0.330 e. The highest BCUT2D eigenvalue weighted by molar-refractivity contribution is 7.85. The highest BCUT2D eigenvalue weighted by atomic mass is 32.2. The van der Waals surface area contributed by atoms with Gasteiger partial charge in [-0.05, 0) is 19.3 Å². The number of nitrogens with zero attached hydrogens (tertiary/aromatic N) is 1. The number of quaternary nitrogens is 1. The van der Waals surface area contributed by atoms with Crippen LogP contribution in [-0.4, -0.2) is 63.0 Å². The number of carbonyl (C=O) groups is 1. The van der Waals surface area contributed by atoms with Crippen LogP contribution in [0.5, 0.6) is 0 Å². The number of esters is 1. The second-order valence-corrected chi connectivity index (χ2v) is 8.01. The number of ether oxygens (including phenoxy) is 1. The SMILES string of the molecule is C=CC(=O)OCCCCCCCC[N+](C)(C)CCCS(=O)(=O)[O-]. The Balaban J connectivity index is 3.52. The van der Waals surface area contributed by atoms with Crippen molar-refractivity contribution in [2.24, 2.45) is 0 Å². The van der Waals surface area contributed by atoms with Crippen molar-refractivity contribution < 1.29 is 27.0 Å². The van der Waals surface area contributed by atoms with E-state index >= 15 is 0 Å². The standard InChI is InChI=1S/C16H31NO5S/c1-4-16(18)22-14-10-8-6-5-7-9-12-17(2,3)13-11-15-23(19,20)21/h4H,1,5-15H2,2-3H3. The lowest BCUT2D eigenvalue weighted by molar-refractivity contribution is -0.890. The Labute approximate surface area is 140 Å². The zero-order valence-corrected chi connectivity index (χ0v) is 15.3. The average molecular weight is 349 g/mol. The topological polar surface area (TPSA) is 83.5 Å². The minimum atomic E-state index is -4.09. The van der Waals surface area contributed by atoms with E-state index in [4.69, 9.17) is 4.74 Å². The third-order valence-electron chi connectivity index (χ3n) is 3.73. The van der Waals surface area contributed by atoms with Gasteiger partial charge in [-0.25, -0.2) is 13.2 Å². The number of unbranched alkanes of at least 4 members (excludes halogenated alkanes) is 5. The lowest BCUT2D eigenvalue weighted by Gasteiger charge is -2.30. The van der Waals surface area contributed by atoms with Crippen LogP contribution in [0.3, 0.4) is 0 Å². The van der Waals surface area contributed by atoms with Gasteiger partial charge in [0.25, 0.3) is 0 Å². The van der Waals surface area contributed by atoms with Gasteiger partial charge < -0.3 is 13.8 Å². The Morgan fingerprint density at radius 2 is 1.57 bits per heavy atom. The summed E-state index contributed by atoms with van der Waals surface area (Å²) in [5.41, 5.74) is 0. The van der Waals surface area contributed by atoms with Crippen molar-refractivity contribution in [3.63, 3.8) is 0 Å². The molecule has 0 aromatic rings. The normalized spacial score (nSPS) is 12.1. The quantitative estimate of drug-likeness (QED) is 0.158. The predicted molar refractivity (Wildman–Crippen MR) is 89.9 cm³/mol. The maximum absolute atomic E-state index is 10.8. The molecule has 0 aromatic heterocycles. The van der Waals surface area contributed by atoms with Gasteiger partial charge in [-0.1, -0.05) is 25.8 Å². The van der Waals surface area contributed by atoms with Gasteiger partial charge in [0.2, 0.25) is 0 Å². The molecule has 0 bridgehead atoms. The van der Waals surface area contributed by atoms with E-state index in [1.807, 2.05) is 0 Å². The molecule has 0 saturated carbocycles. The number of hydrogen-bond donors (Lipinski definition) is 0. The van der Waals surface area contributed by atoms with Crippen LogP contribution in [0.15, 0.2) is 12.7 Å². The molecule has 0 aliphatic carbocycles. The lowest BCUT2D eigenvalue weighted by atomic mass is 10.1. The van der Waals surface area contributed by atoms with E-state index in [1.165, 1.54) is 6.08 Å². The molecule has 0 amide bonds. The molecule has 6 nitrogen and oxygen atoms in total. The van der Waals surface area contributed by atoms with Gasteiger partial charge >= 0.3 is 5.97 Å². The van der Waals surface area contributed by atoms with Crippen LogP contribution in [-0.2, 0) is 19.6 Å². The molecule has 0 N–H and O–H groups in total. The minimum Gasteiger partial charge on any atom is -0.748 e. The van der Waals surface area contributed by atoms with E-state index in [-0.39, 0.29) is 11.7 Å². The molecule has 0 aromatic carbocycles. The minimum absolute atomic E-state index is 0.273. The van der Waals surface area contributed by atoms with Crippen molar-refractivity contribution in [3.05, 3.63) is 12.7 Å². The molecule has 0 rings (SSSR count). The van der Waals surface area contributed by atoms with E-state index in [9.17, 15) is 17.8 Å². The highest BCUT2D eigenvalue weighted by Crippen LogP contribution is 2.09. The Morgan fingerprint density at radius 1 is 1.04 bits per heavy atom. The molecule has 0 fully saturated rings. The van der Waals surface area contributed by atoms with Crippen LogP contribution in [0, 0.1) is 0 Å². The zero-order chi connectivity index (χ0) is 17.8. The van der Waals surface area contributed by atoms with Gasteiger partial charge in [0, 0.05) is 18.2 Å². The summed E-state index contributed by atoms with van der Waals surface area (Å²) in [6, 6.07) is 0. The molecule has 136 valence electrons. The molecule has 0 atom stereocenters. The van der Waals surface area contributed by atoms with Crippen LogP contribution < -0.4 is 0 Å². The lowest BCUT2D eigenvalue weighted by Crippen LogP contribution is -2.41. The Morgan fingerprint density at radius 3 is 2.13 bits per heavy atom. The van der Waals surface area contributed by atoms with Crippen LogP contribution in [0.4, 0.5) is 0 Å². The summed E-state index contributed by atoms with van der Waals surface area (Å²) in [7, 11) is 0.0310. The second kappa shape index (κ2) is 11.6. The molecule has 0 saturated heterocycles. The summed E-state index contributed by atoms with van der Waals surface area (Å²) < 4.78 is 37.4. The van der Waals surface area contributed by atoms with E-state index in [0.29, 0.717) is 19.6 Å². The van der Waals surface area contributed by atoms with E-state index in [0.717, 1.165) is 49.6 Å². The van der Waals surface area contributed by atoms with Gasteiger partial charge in [0.05, 0.1) is 43.9 Å². The van der Waals surface area contributed by atoms with Gasteiger partial charge in [-0.3, -0.25) is 0 Å². The fourth-order valence-corrected chi connectivity index (χ4v) is 2.84. The van der Waals surface area contributed by atoms with Crippen LogP contribution in [0.25, 0.3) is 0 Å². The molecule has 0 aliphatic heterocycles. The number of rotatable bonds is 14. The largest absolute Gasteiger partial charge is 0.748 e. The second-order valence-electron chi connectivity index (χ2n) is 6.49. The summed E-state index contributed by atoms with van der Waals surface area (Å²) in [6.45, 7) is 5.48. The van der Waals surface area contributed by atoms with E-state index < -0.39 is 10.1 Å². The van der Waals surface area contributed by atoms with Crippen molar-refractivity contribution in [2.45, 2.75) is 44.9 Å². The first-order chi connectivity index (χ1) is 10.7. The van der Waals surface area contributed by atoms with Crippen molar-refractivity contribution in [3.8, 4) is 0 Å². The van der Waals surface area contributed by atoms with Crippen LogP contribution in [0.1, 0.15) is 44.9 Å². The molecule has 23 heavy (non-hydrogen) atoms. The third kappa shape index (κ3) is 15.7. The van der Waals surface area contributed by atoms with Crippen molar-refractivity contribution >= 4 is 16.1 Å². The summed E-state index contributed by atoms with van der Waals surface area (Å²) in [4.78, 5) is 10.8. The molecule has 0 spiro atoms. The summed E-state index contributed by atoms with van der Waals surface area (Å²) in [5.74, 6) is -0.639. The Bertz CT molecular complexity index is 445. The Hall–Kier alpha value is -0.920. The summed E-state index contributed by atoms with van der Waals surface area (Å²) in [6.07, 6.45) is 8.00. The molecule has 7 heteroatoms. The Kier molecular flexibility index (Phi) is 11.1. The van der Waals surface area contributed by atoms with Gasteiger partial charge in [0.15, 0.2) is 0 Å². The van der Waals surface area contributed by atoms with Crippen LogP contribution >= 0.6 is 0 Å². The first-order valence-corrected chi connectivity index (χ1v) is 9.79. The van der Waals surface area contributed by atoms with Gasteiger partial charge in [-0.2, -0.15) is 0 Å². The number of carbonyl (C=O) groups excluding carboxylic acids is 1. The smallest absolute Gasteiger partial charge is 0.330 e. The molecule has 0 aliphatic rings. The van der Waals surface area contributed by atoms with Crippen molar-refractivity contribution in [2.75, 3.05) is 39.5 Å². The van der Waals surface area contributed by atoms with Crippen molar-refractivity contribution in [1.29, 1.82) is 0 Å². The zero-order valence-electron chi connectivity index (χ0n) is 14.5. The molecular formula is C16H31NO5S. The van der Waals surface area contributed by atoms with Crippen LogP contribution in [0.2, 0.25) is 0 Å². The third-order valence-corrected chi connectivity index (χ3v) is 4.52. The molecular weight excluding hydrogens is 318 g/mol. The monoisotopic (exact) mass is 349 g/mol. The fourth-order valence-electron chi connectivity index (χ4n) is 2.36.